The molecule has 0 unspecified atom stereocenters. The second kappa shape index (κ2) is 13.2. The molecule has 3 rings (SSSR count). The van der Waals surface area contributed by atoms with Gasteiger partial charge in [-0.2, -0.15) is 0 Å². The highest BCUT2D eigenvalue weighted by Crippen LogP contribution is 2.38. The van der Waals surface area contributed by atoms with Crippen molar-refractivity contribution in [1.29, 1.82) is 0 Å². The molecule has 1 N–H and O–H groups in total. The fourth-order valence-corrected chi connectivity index (χ4v) is 9.72. The Morgan fingerprint density at radius 3 is 1.88 bits per heavy atom. The number of benzene rings is 3. The summed E-state index contributed by atoms with van der Waals surface area (Å²) in [6, 6.07) is 24.9. The molecule has 0 bridgehead atoms. The van der Waals surface area contributed by atoms with Gasteiger partial charge in [0.25, 0.3) is 8.32 Å². The number of aliphatic hydroxyl groups is 1. The third-order valence-corrected chi connectivity index (χ3v) is 11.7. The third kappa shape index (κ3) is 7.84. The van der Waals surface area contributed by atoms with E-state index in [0.29, 0.717) is 18.8 Å². The Labute approximate surface area is 241 Å². The van der Waals surface area contributed by atoms with E-state index in [2.05, 4.69) is 69.3 Å². The monoisotopic (exact) mass is 562 g/mol. The number of ether oxygens (including phenoxy) is 2. The van der Waals surface area contributed by atoms with Crippen LogP contribution in [-0.2, 0) is 33.6 Å². The van der Waals surface area contributed by atoms with Crippen LogP contribution >= 0.6 is 0 Å². The van der Waals surface area contributed by atoms with Crippen LogP contribution in [0.25, 0.3) is 0 Å². The highest BCUT2D eigenvalue weighted by Gasteiger charge is 2.50. The van der Waals surface area contributed by atoms with E-state index in [-0.39, 0.29) is 30.1 Å². The van der Waals surface area contributed by atoms with Gasteiger partial charge < -0.3 is 19.0 Å². The fraction of sp³-hybridized carbons (Fsp3) is 0.441. The molecule has 0 saturated heterocycles. The minimum Gasteiger partial charge on any atom is -0.491 e. The van der Waals surface area contributed by atoms with Crippen molar-refractivity contribution in [1.82, 2.24) is 0 Å². The van der Waals surface area contributed by atoms with Crippen molar-refractivity contribution < 1.29 is 23.8 Å². The summed E-state index contributed by atoms with van der Waals surface area (Å²) in [6.07, 6.45) is 0.595. The molecule has 0 atom stereocenters. The molecule has 0 saturated carbocycles. The Morgan fingerprint density at radius 2 is 1.43 bits per heavy atom. The number of esters is 1. The molecule has 0 aliphatic heterocycles. The number of carbonyl (C=O) groups excluding carboxylic acids is 1. The first-order valence-electron chi connectivity index (χ1n) is 14.2. The lowest BCUT2D eigenvalue weighted by Gasteiger charge is -2.43. The van der Waals surface area contributed by atoms with Crippen LogP contribution in [0, 0.1) is 0 Å². The first-order valence-corrected chi connectivity index (χ1v) is 16.1. The third-order valence-electron chi connectivity index (χ3n) is 6.77. The van der Waals surface area contributed by atoms with Crippen LogP contribution in [0.4, 0.5) is 0 Å². The van der Waals surface area contributed by atoms with Crippen molar-refractivity contribution in [3.8, 4) is 5.75 Å². The maximum Gasteiger partial charge on any atom is 0.306 e. The Kier molecular flexibility index (Phi) is 10.4. The zero-order valence-electron chi connectivity index (χ0n) is 25.4. The Bertz CT molecular complexity index is 1200. The summed E-state index contributed by atoms with van der Waals surface area (Å²) in [5, 5.41) is 12.3. The van der Waals surface area contributed by atoms with Crippen LogP contribution in [0.2, 0.25) is 5.04 Å². The van der Waals surface area contributed by atoms with E-state index in [0.717, 1.165) is 16.7 Å². The number of carbonyl (C=O) groups is 1. The summed E-state index contributed by atoms with van der Waals surface area (Å²) in [5.74, 6) is 0.416. The van der Waals surface area contributed by atoms with Crippen molar-refractivity contribution >= 4 is 24.7 Å². The zero-order valence-corrected chi connectivity index (χ0v) is 26.4. The predicted molar refractivity (Wildman–Crippen MR) is 165 cm³/mol. The molecule has 0 fully saturated rings. The largest absolute Gasteiger partial charge is 0.491 e. The molecule has 5 nitrogen and oxygen atoms in total. The predicted octanol–water partition coefficient (Wildman–Crippen LogP) is 6.32. The molecule has 0 aliphatic carbocycles. The molecule has 6 heteroatoms. The molecular weight excluding hydrogens is 516 g/mol. The first kappa shape index (κ1) is 31.6. The first-order chi connectivity index (χ1) is 18.8. The molecule has 0 spiro atoms. The van der Waals surface area contributed by atoms with Gasteiger partial charge in [-0.15, -0.1) is 0 Å². The molecule has 40 heavy (non-hydrogen) atoms. The lowest BCUT2D eigenvalue weighted by Crippen LogP contribution is -2.66. The molecule has 0 aliphatic rings. The van der Waals surface area contributed by atoms with Crippen LogP contribution in [0.1, 0.15) is 78.5 Å². The van der Waals surface area contributed by atoms with Gasteiger partial charge in [-0.25, -0.2) is 0 Å². The van der Waals surface area contributed by atoms with Crippen molar-refractivity contribution in [2.45, 2.75) is 98.2 Å². The second-order valence-corrected chi connectivity index (χ2v) is 16.9. The van der Waals surface area contributed by atoms with E-state index >= 15 is 0 Å². The Morgan fingerprint density at radius 1 is 0.875 bits per heavy atom. The summed E-state index contributed by atoms with van der Waals surface area (Å²) in [7, 11) is -2.80. The molecule has 3 aromatic rings. The number of aliphatic hydroxyl groups excluding tert-OH is 1. The smallest absolute Gasteiger partial charge is 0.306 e. The summed E-state index contributed by atoms with van der Waals surface area (Å²) >= 11 is 0. The van der Waals surface area contributed by atoms with Crippen LogP contribution in [0.3, 0.4) is 0 Å². The second-order valence-electron chi connectivity index (χ2n) is 12.6. The topological polar surface area (TPSA) is 65.0 Å². The van der Waals surface area contributed by atoms with E-state index in [1.807, 2.05) is 58.9 Å². The van der Waals surface area contributed by atoms with Crippen LogP contribution in [0.15, 0.2) is 72.8 Å². The highest BCUT2D eigenvalue weighted by molar-refractivity contribution is 6.99. The van der Waals surface area contributed by atoms with Crippen molar-refractivity contribution in [2.75, 3.05) is 0 Å². The normalized spacial score (nSPS) is 12.4. The van der Waals surface area contributed by atoms with E-state index < -0.39 is 13.9 Å². The van der Waals surface area contributed by atoms with Gasteiger partial charge in [0, 0.05) is 12.0 Å². The van der Waals surface area contributed by atoms with Gasteiger partial charge >= 0.3 is 5.97 Å². The number of hydrogen-bond acceptors (Lipinski definition) is 5. The van der Waals surface area contributed by atoms with E-state index in [1.165, 1.54) is 10.4 Å². The van der Waals surface area contributed by atoms with Gasteiger partial charge in [0.1, 0.15) is 11.4 Å². The van der Waals surface area contributed by atoms with E-state index in [1.54, 1.807) is 0 Å². The molecule has 0 amide bonds. The van der Waals surface area contributed by atoms with Gasteiger partial charge in [-0.05, 0) is 73.6 Å². The summed E-state index contributed by atoms with van der Waals surface area (Å²) in [6.45, 7) is 16.5. The quantitative estimate of drug-likeness (QED) is 0.219. The summed E-state index contributed by atoms with van der Waals surface area (Å²) in [4.78, 5) is 12.7. The SMILES string of the molecule is CC(C)Oc1cc(CO)cc(CO[Si](c2ccccc2)(c2ccccc2)C(C)(C)C)c1CCC(=O)OC(C)(C)C. The lowest BCUT2D eigenvalue weighted by atomic mass is 9.99. The maximum absolute atomic E-state index is 12.7. The van der Waals surface area contributed by atoms with Gasteiger partial charge in [0.2, 0.25) is 0 Å². The van der Waals surface area contributed by atoms with Crippen LogP contribution < -0.4 is 15.1 Å². The summed E-state index contributed by atoms with van der Waals surface area (Å²) in [5.41, 5.74) is 2.02. The summed E-state index contributed by atoms with van der Waals surface area (Å²) < 4.78 is 19.0. The standard InChI is InChI=1S/C34H46O5Si/c1-25(2)38-31-22-26(23-35)21-27(30(31)19-20-32(36)39-33(3,4)5)24-37-40(34(6,7)8,28-15-11-9-12-16-28)29-17-13-10-14-18-29/h9-18,21-22,25,35H,19-20,23-24H2,1-8H3. The van der Waals surface area contributed by atoms with E-state index in [9.17, 15) is 9.90 Å². The molecule has 216 valence electrons. The zero-order chi connectivity index (χ0) is 29.6. The molecule has 0 radical (unpaired) electrons. The van der Waals surface area contributed by atoms with E-state index in [4.69, 9.17) is 13.9 Å². The van der Waals surface area contributed by atoms with Gasteiger partial charge in [-0.1, -0.05) is 87.5 Å². The highest BCUT2D eigenvalue weighted by atomic mass is 28.4. The van der Waals surface area contributed by atoms with Gasteiger partial charge in [0.15, 0.2) is 0 Å². The Balaban J connectivity index is 2.11. The minimum atomic E-state index is -2.80. The van der Waals surface area contributed by atoms with Gasteiger partial charge in [0.05, 0.1) is 19.3 Å². The molecular formula is C34H46O5Si. The molecule has 0 aromatic heterocycles. The average Bonchev–Trinajstić information content (AvgIpc) is 2.87. The number of hydrogen-bond donors (Lipinski definition) is 1. The Hall–Kier alpha value is -2.93. The van der Waals surface area contributed by atoms with Crippen LogP contribution in [-0.4, -0.2) is 31.1 Å². The van der Waals surface area contributed by atoms with Gasteiger partial charge in [-0.3, -0.25) is 4.79 Å². The lowest BCUT2D eigenvalue weighted by molar-refractivity contribution is -0.154. The van der Waals surface area contributed by atoms with Crippen molar-refractivity contribution in [2.24, 2.45) is 0 Å². The minimum absolute atomic E-state index is 0.0698. The van der Waals surface area contributed by atoms with Crippen LogP contribution in [0.5, 0.6) is 5.75 Å². The molecule has 0 heterocycles. The number of rotatable bonds is 11. The van der Waals surface area contributed by atoms with Crippen molar-refractivity contribution in [3.63, 3.8) is 0 Å². The maximum atomic E-state index is 12.7. The fourth-order valence-electron chi connectivity index (χ4n) is 5.20. The molecule has 3 aromatic carbocycles. The average molecular weight is 563 g/mol. The van der Waals surface area contributed by atoms with Crippen molar-refractivity contribution in [3.05, 3.63) is 89.5 Å².